The minimum atomic E-state index is 0.0992. The molecular formula is C25H33N7O2. The van der Waals surface area contributed by atoms with E-state index in [1.807, 2.05) is 23.2 Å². The maximum atomic E-state index is 13.1. The molecule has 9 heteroatoms. The number of hydrogen-bond acceptors (Lipinski definition) is 7. The Bertz CT molecular complexity index is 1160. The van der Waals surface area contributed by atoms with Crippen molar-refractivity contribution >= 4 is 34.4 Å². The summed E-state index contributed by atoms with van der Waals surface area (Å²) in [7, 11) is 1.77. The van der Waals surface area contributed by atoms with Gasteiger partial charge in [-0.05, 0) is 45.6 Å². The maximum absolute atomic E-state index is 13.1. The van der Waals surface area contributed by atoms with Gasteiger partial charge in [0.25, 0.3) is 5.91 Å². The number of methoxy groups -OCH3 is 1. The largest absolute Gasteiger partial charge is 0.381 e. The van der Waals surface area contributed by atoms with Gasteiger partial charge < -0.3 is 24.4 Å². The number of aromatic nitrogens is 4. The van der Waals surface area contributed by atoms with Crippen LogP contribution in [0.2, 0.25) is 0 Å². The van der Waals surface area contributed by atoms with E-state index in [0.29, 0.717) is 23.7 Å². The smallest absolute Gasteiger partial charge is 0.256 e. The first kappa shape index (κ1) is 22.6. The minimum Gasteiger partial charge on any atom is -0.381 e. The van der Waals surface area contributed by atoms with E-state index in [2.05, 4.69) is 38.6 Å². The van der Waals surface area contributed by atoms with Crippen LogP contribution in [0.3, 0.4) is 0 Å². The van der Waals surface area contributed by atoms with E-state index in [1.165, 1.54) is 0 Å². The average molecular weight is 464 g/mol. The Balaban J connectivity index is 1.39. The molecule has 5 rings (SSSR count). The number of nitrogens with zero attached hydrogens (tertiary/aromatic N) is 6. The van der Waals surface area contributed by atoms with Gasteiger partial charge >= 0.3 is 0 Å². The number of likely N-dealkylation sites (tertiary alicyclic amines) is 1. The summed E-state index contributed by atoms with van der Waals surface area (Å²) in [5.74, 6) is 2.20. The lowest BCUT2D eigenvalue weighted by molar-refractivity contribution is 0.0794. The predicted octanol–water partition coefficient (Wildman–Crippen LogP) is 4.00. The first-order chi connectivity index (χ1) is 16.5. The van der Waals surface area contributed by atoms with E-state index < -0.39 is 0 Å². The minimum absolute atomic E-state index is 0.0992. The van der Waals surface area contributed by atoms with Crippen LogP contribution in [0.4, 0.5) is 17.6 Å². The molecule has 1 amide bonds. The number of amides is 1. The fourth-order valence-corrected chi connectivity index (χ4v) is 4.89. The highest BCUT2D eigenvalue weighted by Crippen LogP contribution is 2.29. The highest BCUT2D eigenvalue weighted by molar-refractivity contribution is 6.07. The molecule has 3 aromatic heterocycles. The lowest BCUT2D eigenvalue weighted by Gasteiger charge is -2.31. The molecule has 1 N–H and O–H groups in total. The van der Waals surface area contributed by atoms with Gasteiger partial charge in [0.1, 0.15) is 11.6 Å². The van der Waals surface area contributed by atoms with Crippen LogP contribution in [-0.4, -0.2) is 69.7 Å². The van der Waals surface area contributed by atoms with Crippen LogP contribution < -0.4 is 10.2 Å². The SMILES string of the molecule is COC1CCN(c2nccc(Nc3cc4c(cn3)c(C(=O)N3CCCC3)cn4C(C)C)n2)CC1. The third-order valence-electron chi connectivity index (χ3n) is 6.86. The molecule has 0 radical (unpaired) electrons. The standard InChI is InChI=1S/C25H33N7O2/c1-17(2)32-16-20(24(33)30-10-4-5-11-30)19-15-27-23(14-21(19)32)28-22-6-9-26-25(29-22)31-12-7-18(34-3)8-13-31/h6,9,14-18H,4-5,7-8,10-13H2,1-3H3,(H,26,27,28,29). The van der Waals surface area contributed by atoms with Crippen molar-refractivity contribution in [3.8, 4) is 0 Å². The first-order valence-corrected chi connectivity index (χ1v) is 12.2. The van der Waals surface area contributed by atoms with Crippen molar-refractivity contribution < 1.29 is 9.53 Å². The zero-order valence-corrected chi connectivity index (χ0v) is 20.2. The molecule has 0 bridgehead atoms. The van der Waals surface area contributed by atoms with Crippen molar-refractivity contribution in [3.05, 3.63) is 36.3 Å². The highest BCUT2D eigenvalue weighted by Gasteiger charge is 2.25. The molecule has 2 aliphatic heterocycles. The van der Waals surface area contributed by atoms with Crippen molar-refractivity contribution in [1.29, 1.82) is 0 Å². The Hall–Kier alpha value is -3.20. The number of fused-ring (bicyclic) bond motifs is 1. The van der Waals surface area contributed by atoms with E-state index in [4.69, 9.17) is 9.72 Å². The van der Waals surface area contributed by atoms with Gasteiger partial charge in [-0.15, -0.1) is 0 Å². The Morgan fingerprint density at radius 3 is 2.59 bits per heavy atom. The normalized spacial score (nSPS) is 17.2. The lowest BCUT2D eigenvalue weighted by Crippen LogP contribution is -2.37. The maximum Gasteiger partial charge on any atom is 0.256 e. The number of nitrogens with one attached hydrogen (secondary N) is 1. The summed E-state index contributed by atoms with van der Waals surface area (Å²) in [5.41, 5.74) is 1.72. The van der Waals surface area contributed by atoms with Gasteiger partial charge in [-0.25, -0.2) is 9.97 Å². The van der Waals surface area contributed by atoms with Gasteiger partial charge in [-0.1, -0.05) is 0 Å². The van der Waals surface area contributed by atoms with Gasteiger partial charge in [-0.2, -0.15) is 4.98 Å². The molecule has 3 aromatic rings. The topological polar surface area (TPSA) is 88.4 Å². The number of carbonyl (C=O) groups is 1. The van der Waals surface area contributed by atoms with Crippen molar-refractivity contribution in [3.63, 3.8) is 0 Å². The Morgan fingerprint density at radius 2 is 1.88 bits per heavy atom. The second-order valence-corrected chi connectivity index (χ2v) is 9.42. The van der Waals surface area contributed by atoms with E-state index in [0.717, 1.165) is 68.3 Å². The molecular weight excluding hydrogens is 430 g/mol. The fourth-order valence-electron chi connectivity index (χ4n) is 4.89. The highest BCUT2D eigenvalue weighted by atomic mass is 16.5. The van der Waals surface area contributed by atoms with Gasteiger partial charge in [-0.3, -0.25) is 4.79 Å². The van der Waals surface area contributed by atoms with E-state index >= 15 is 0 Å². The van der Waals surface area contributed by atoms with Gasteiger partial charge in [0.15, 0.2) is 0 Å². The molecule has 2 saturated heterocycles. The number of ether oxygens (including phenoxy) is 1. The molecule has 0 spiro atoms. The number of rotatable bonds is 6. The molecule has 2 aliphatic rings. The fraction of sp³-hybridized carbons (Fsp3) is 0.520. The Morgan fingerprint density at radius 1 is 1.12 bits per heavy atom. The molecule has 0 aliphatic carbocycles. The third kappa shape index (κ3) is 4.44. The second kappa shape index (κ2) is 9.58. The van der Waals surface area contributed by atoms with Gasteiger partial charge in [0.05, 0.1) is 17.2 Å². The summed E-state index contributed by atoms with van der Waals surface area (Å²) < 4.78 is 7.62. The monoisotopic (exact) mass is 463 g/mol. The van der Waals surface area contributed by atoms with Crippen LogP contribution in [0.1, 0.15) is 55.9 Å². The molecule has 34 heavy (non-hydrogen) atoms. The molecule has 9 nitrogen and oxygen atoms in total. The van der Waals surface area contributed by atoms with Gasteiger partial charge in [0, 0.05) is 69.4 Å². The number of piperidine rings is 1. The van der Waals surface area contributed by atoms with Crippen molar-refractivity contribution in [2.24, 2.45) is 0 Å². The summed E-state index contributed by atoms with van der Waals surface area (Å²) in [5, 5.41) is 4.22. The van der Waals surface area contributed by atoms with Crippen LogP contribution in [0.25, 0.3) is 10.9 Å². The molecule has 0 atom stereocenters. The van der Waals surface area contributed by atoms with Crippen molar-refractivity contribution in [2.45, 2.75) is 51.7 Å². The van der Waals surface area contributed by atoms with Crippen LogP contribution >= 0.6 is 0 Å². The van der Waals surface area contributed by atoms with Crippen LogP contribution in [0.5, 0.6) is 0 Å². The van der Waals surface area contributed by atoms with Crippen LogP contribution in [-0.2, 0) is 4.74 Å². The first-order valence-electron chi connectivity index (χ1n) is 12.2. The lowest BCUT2D eigenvalue weighted by atomic mass is 10.1. The number of anilines is 3. The number of pyridine rings is 1. The predicted molar refractivity (Wildman–Crippen MR) is 133 cm³/mol. The average Bonchev–Trinajstić information content (AvgIpc) is 3.52. The quantitative estimate of drug-likeness (QED) is 0.591. The zero-order chi connectivity index (χ0) is 23.7. The zero-order valence-electron chi connectivity index (χ0n) is 20.2. The van der Waals surface area contributed by atoms with E-state index in [1.54, 1.807) is 19.5 Å². The summed E-state index contributed by atoms with van der Waals surface area (Å²) in [6, 6.07) is 4.07. The van der Waals surface area contributed by atoms with Gasteiger partial charge in [0.2, 0.25) is 5.95 Å². The van der Waals surface area contributed by atoms with Crippen LogP contribution in [0, 0.1) is 0 Å². The number of carbonyl (C=O) groups excluding carboxylic acids is 1. The third-order valence-corrected chi connectivity index (χ3v) is 6.86. The molecule has 2 fully saturated rings. The summed E-state index contributed by atoms with van der Waals surface area (Å²) in [6.07, 6.45) is 9.97. The molecule has 0 aromatic carbocycles. The summed E-state index contributed by atoms with van der Waals surface area (Å²) >= 11 is 0. The number of hydrogen-bond donors (Lipinski definition) is 1. The van der Waals surface area contributed by atoms with Crippen LogP contribution in [0.15, 0.2) is 30.7 Å². The van der Waals surface area contributed by atoms with Crippen molar-refractivity contribution in [1.82, 2.24) is 24.4 Å². The molecule has 0 unspecified atom stereocenters. The Kier molecular flexibility index (Phi) is 6.36. The van der Waals surface area contributed by atoms with E-state index in [-0.39, 0.29) is 11.9 Å². The molecule has 5 heterocycles. The Labute approximate surface area is 200 Å². The molecule has 180 valence electrons. The van der Waals surface area contributed by atoms with E-state index in [9.17, 15) is 4.79 Å². The molecule has 0 saturated carbocycles. The second-order valence-electron chi connectivity index (χ2n) is 9.42. The summed E-state index contributed by atoms with van der Waals surface area (Å²) in [6.45, 7) is 7.67. The summed E-state index contributed by atoms with van der Waals surface area (Å²) in [4.78, 5) is 31.1. The van der Waals surface area contributed by atoms with Crippen molar-refractivity contribution in [2.75, 3.05) is 43.5 Å².